The first-order valence-electron chi connectivity index (χ1n) is 13.6. The summed E-state index contributed by atoms with van der Waals surface area (Å²) in [4.78, 5) is 24.1. The molecule has 1 aliphatic carbocycles. The number of nitrogens with one attached hydrogen (secondary N) is 2. The summed E-state index contributed by atoms with van der Waals surface area (Å²) >= 11 is 0. The maximum Gasteiger partial charge on any atom is 0.416 e. The van der Waals surface area contributed by atoms with Crippen molar-refractivity contribution in [2.45, 2.75) is 55.8 Å². The average molecular weight is 604 g/mol. The van der Waals surface area contributed by atoms with Gasteiger partial charge in [0.2, 0.25) is 0 Å². The maximum absolute atomic E-state index is 13.4. The molecular formula is C29H32F3N5O4S. The topological polar surface area (TPSA) is 114 Å². The molecule has 2 amide bonds. The highest BCUT2D eigenvalue weighted by atomic mass is 32.2. The molecule has 2 heterocycles. The number of hydrogen-bond acceptors (Lipinski definition) is 7. The SMILES string of the molecule is CC(C)S(=O)(=O)C1(c2cc(N3CCOC[C@@H]3C)nc(-c3ccc(NC(=O)Nc4ccc(C(F)(F)F)cc4)cc3)n2)CC1. The van der Waals surface area contributed by atoms with E-state index in [1.807, 2.05) is 6.92 Å². The van der Waals surface area contributed by atoms with Gasteiger partial charge >= 0.3 is 12.2 Å². The highest BCUT2D eigenvalue weighted by molar-refractivity contribution is 7.93. The van der Waals surface area contributed by atoms with Crippen molar-refractivity contribution in [3.8, 4) is 11.4 Å². The van der Waals surface area contributed by atoms with Gasteiger partial charge < -0.3 is 20.3 Å². The van der Waals surface area contributed by atoms with Gasteiger partial charge in [-0.1, -0.05) is 0 Å². The summed E-state index contributed by atoms with van der Waals surface area (Å²) in [5.74, 6) is 1.00. The summed E-state index contributed by atoms with van der Waals surface area (Å²) in [7, 11) is -3.48. The van der Waals surface area contributed by atoms with E-state index in [-0.39, 0.29) is 11.7 Å². The van der Waals surface area contributed by atoms with Gasteiger partial charge in [0.25, 0.3) is 0 Å². The lowest BCUT2D eigenvalue weighted by Crippen LogP contribution is -2.44. The van der Waals surface area contributed by atoms with Crippen LogP contribution in [0.4, 0.5) is 35.2 Å². The summed E-state index contributed by atoms with van der Waals surface area (Å²) in [5, 5.41) is 4.60. The fourth-order valence-electron chi connectivity index (χ4n) is 5.00. The summed E-state index contributed by atoms with van der Waals surface area (Å²) in [5.41, 5.74) is 0.939. The molecule has 2 fully saturated rings. The Kier molecular flexibility index (Phi) is 7.92. The Morgan fingerprint density at radius 3 is 2.14 bits per heavy atom. The standard InChI is InChI=1S/C29H32F3N5O4S/c1-18(2)42(39,40)28(12-13-28)24-16-25(37-14-15-41-17-19(37)3)36-26(35-24)20-4-8-22(9-5-20)33-27(38)34-23-10-6-21(7-11-23)29(30,31)32/h4-11,16,18-19H,12-15,17H2,1-3H3,(H2,33,34,38)/t19-/m0/s1. The minimum absolute atomic E-state index is 0.0426. The molecule has 2 N–H and O–H groups in total. The van der Waals surface area contributed by atoms with Gasteiger partial charge in [0.15, 0.2) is 15.7 Å². The summed E-state index contributed by atoms with van der Waals surface area (Å²) in [6, 6.07) is 12.1. The number of urea groups is 1. The molecule has 1 saturated heterocycles. The third-order valence-corrected chi connectivity index (χ3v) is 10.5. The maximum atomic E-state index is 13.4. The highest BCUT2D eigenvalue weighted by Crippen LogP contribution is 2.54. The molecule has 3 aromatic rings. The number of hydrogen-bond donors (Lipinski definition) is 2. The number of halogens is 3. The monoisotopic (exact) mass is 603 g/mol. The zero-order valence-corrected chi connectivity index (χ0v) is 24.2. The van der Waals surface area contributed by atoms with E-state index in [4.69, 9.17) is 14.7 Å². The van der Waals surface area contributed by atoms with Crippen LogP contribution in [-0.4, -0.2) is 55.5 Å². The predicted octanol–water partition coefficient (Wildman–Crippen LogP) is 5.84. The van der Waals surface area contributed by atoms with Crippen LogP contribution in [0, 0.1) is 0 Å². The normalized spacial score (nSPS) is 18.5. The molecule has 2 aliphatic rings. The van der Waals surface area contributed by atoms with Crippen LogP contribution in [0.1, 0.15) is 44.9 Å². The minimum atomic E-state index is -4.46. The lowest BCUT2D eigenvalue weighted by atomic mass is 10.1. The first-order chi connectivity index (χ1) is 19.8. The molecule has 1 saturated carbocycles. The number of aromatic nitrogens is 2. The number of carbonyl (C=O) groups is 1. The molecule has 0 unspecified atom stereocenters. The number of sulfone groups is 1. The number of carbonyl (C=O) groups excluding carboxylic acids is 1. The number of nitrogens with zero attached hydrogens (tertiary/aromatic N) is 3. The largest absolute Gasteiger partial charge is 0.416 e. The van der Waals surface area contributed by atoms with E-state index in [0.717, 1.165) is 12.1 Å². The number of morpholine rings is 1. The number of rotatable bonds is 7. The van der Waals surface area contributed by atoms with Gasteiger partial charge in [-0.25, -0.2) is 23.2 Å². The molecule has 13 heteroatoms. The fraction of sp³-hybridized carbons (Fsp3) is 0.414. The number of benzene rings is 2. The van der Waals surface area contributed by atoms with E-state index in [2.05, 4.69) is 15.5 Å². The molecule has 0 bridgehead atoms. The van der Waals surface area contributed by atoms with Crippen LogP contribution in [0.5, 0.6) is 0 Å². The quantitative estimate of drug-likeness (QED) is 0.349. The summed E-state index contributed by atoms with van der Waals surface area (Å²) < 4.78 is 69.6. The molecular weight excluding hydrogens is 571 g/mol. The molecule has 42 heavy (non-hydrogen) atoms. The summed E-state index contributed by atoms with van der Waals surface area (Å²) in [6.07, 6.45) is -3.47. The molecule has 9 nitrogen and oxygen atoms in total. The zero-order chi connectivity index (χ0) is 30.3. The average Bonchev–Trinajstić information content (AvgIpc) is 3.76. The molecule has 1 aromatic heterocycles. The van der Waals surface area contributed by atoms with Crippen molar-refractivity contribution in [3.63, 3.8) is 0 Å². The van der Waals surface area contributed by atoms with Crippen molar-refractivity contribution in [1.82, 2.24) is 9.97 Å². The predicted molar refractivity (Wildman–Crippen MR) is 154 cm³/mol. The van der Waals surface area contributed by atoms with Crippen LogP contribution in [0.3, 0.4) is 0 Å². The van der Waals surface area contributed by atoms with Gasteiger partial charge in [0.05, 0.1) is 35.8 Å². The van der Waals surface area contributed by atoms with Crippen molar-refractivity contribution >= 4 is 33.1 Å². The van der Waals surface area contributed by atoms with Crippen molar-refractivity contribution in [3.05, 3.63) is 65.9 Å². The molecule has 0 spiro atoms. The van der Waals surface area contributed by atoms with Crippen LogP contribution in [0.2, 0.25) is 0 Å². The second kappa shape index (κ2) is 11.2. The third kappa shape index (κ3) is 5.93. The Bertz CT molecular complexity index is 1560. The summed E-state index contributed by atoms with van der Waals surface area (Å²) in [6.45, 7) is 7.05. The van der Waals surface area contributed by atoms with Gasteiger partial charge in [-0.05, 0) is 82.1 Å². The number of amides is 2. The number of alkyl halides is 3. The van der Waals surface area contributed by atoms with Crippen LogP contribution in [-0.2, 0) is 25.5 Å². The molecule has 0 radical (unpaired) electrons. The molecule has 2 aromatic carbocycles. The van der Waals surface area contributed by atoms with Crippen LogP contribution in [0.15, 0.2) is 54.6 Å². The van der Waals surface area contributed by atoms with Crippen molar-refractivity contribution in [1.29, 1.82) is 0 Å². The zero-order valence-electron chi connectivity index (χ0n) is 23.4. The molecule has 1 aliphatic heterocycles. The molecule has 1 atom stereocenters. The Hall–Kier alpha value is -3.71. The second-order valence-electron chi connectivity index (χ2n) is 10.9. The van der Waals surface area contributed by atoms with Gasteiger partial charge in [-0.15, -0.1) is 0 Å². The van der Waals surface area contributed by atoms with Crippen LogP contribution >= 0.6 is 0 Å². The number of ether oxygens (including phenoxy) is 1. The van der Waals surface area contributed by atoms with E-state index in [1.165, 1.54) is 12.1 Å². The van der Waals surface area contributed by atoms with E-state index in [0.29, 0.717) is 61.2 Å². The minimum Gasteiger partial charge on any atom is -0.377 e. The van der Waals surface area contributed by atoms with Gasteiger partial charge in [-0.2, -0.15) is 13.2 Å². The Morgan fingerprint density at radius 1 is 1.02 bits per heavy atom. The fourth-order valence-corrected chi connectivity index (χ4v) is 6.97. The van der Waals surface area contributed by atoms with E-state index in [1.54, 1.807) is 44.2 Å². The first kappa shape index (κ1) is 29.8. The van der Waals surface area contributed by atoms with Gasteiger partial charge in [0.1, 0.15) is 10.6 Å². The van der Waals surface area contributed by atoms with Crippen molar-refractivity contribution in [2.24, 2.45) is 0 Å². The molecule has 5 rings (SSSR count). The highest BCUT2D eigenvalue weighted by Gasteiger charge is 2.58. The third-order valence-electron chi connectivity index (χ3n) is 7.58. The Labute approximate surface area is 242 Å². The van der Waals surface area contributed by atoms with Gasteiger partial charge in [0, 0.05) is 29.5 Å². The van der Waals surface area contributed by atoms with E-state index < -0.39 is 37.6 Å². The lowest BCUT2D eigenvalue weighted by Gasteiger charge is -2.35. The lowest BCUT2D eigenvalue weighted by molar-refractivity contribution is -0.137. The van der Waals surface area contributed by atoms with E-state index >= 15 is 0 Å². The number of anilines is 3. The van der Waals surface area contributed by atoms with Gasteiger partial charge in [-0.3, -0.25) is 0 Å². The second-order valence-corrected chi connectivity index (χ2v) is 13.7. The Morgan fingerprint density at radius 2 is 1.62 bits per heavy atom. The smallest absolute Gasteiger partial charge is 0.377 e. The molecule has 224 valence electrons. The van der Waals surface area contributed by atoms with Crippen LogP contribution in [0.25, 0.3) is 11.4 Å². The first-order valence-corrected chi connectivity index (χ1v) is 15.2. The van der Waals surface area contributed by atoms with Crippen molar-refractivity contribution in [2.75, 3.05) is 35.3 Å². The Balaban J connectivity index is 1.39. The van der Waals surface area contributed by atoms with Crippen molar-refractivity contribution < 1.29 is 31.1 Å². The van der Waals surface area contributed by atoms with E-state index in [9.17, 15) is 26.4 Å². The van der Waals surface area contributed by atoms with Crippen LogP contribution < -0.4 is 15.5 Å².